The molecule has 0 fully saturated rings. The highest BCUT2D eigenvalue weighted by Gasteiger charge is 2.25. The molecule has 1 heterocycles. The molecule has 0 bridgehead atoms. The van der Waals surface area contributed by atoms with Gasteiger partial charge in [-0.3, -0.25) is 4.18 Å². The lowest BCUT2D eigenvalue weighted by molar-refractivity contribution is 0.0551. The van der Waals surface area contributed by atoms with Gasteiger partial charge in [0.15, 0.2) is 17.6 Å². The van der Waals surface area contributed by atoms with Crippen LogP contribution < -0.4 is 14.2 Å². The summed E-state index contributed by atoms with van der Waals surface area (Å²) in [5, 5.41) is 0. The van der Waals surface area contributed by atoms with Crippen molar-refractivity contribution in [3.05, 3.63) is 83.9 Å². The molecule has 0 unspecified atom stereocenters. The van der Waals surface area contributed by atoms with Gasteiger partial charge in [-0.2, -0.15) is 8.42 Å². The summed E-state index contributed by atoms with van der Waals surface area (Å²) in [6.45, 7) is 2.37. The SMILES string of the molecule is Cc1ccc(S(=O)(=O)OC[C@@H]2COc3ccc(OCc4ccccc4)cc3O2)cc1. The van der Waals surface area contributed by atoms with E-state index in [9.17, 15) is 8.42 Å². The maximum atomic E-state index is 12.4. The number of fused-ring (bicyclic) bond motifs is 1. The molecule has 0 saturated carbocycles. The molecule has 3 aromatic rings. The Hall–Kier alpha value is -3.03. The Morgan fingerprint density at radius 2 is 1.73 bits per heavy atom. The van der Waals surface area contributed by atoms with Crippen molar-refractivity contribution in [3.63, 3.8) is 0 Å². The third-order valence-corrected chi connectivity index (χ3v) is 5.90. The van der Waals surface area contributed by atoms with Gasteiger partial charge in [0.1, 0.15) is 25.6 Å². The Morgan fingerprint density at radius 1 is 0.967 bits per heavy atom. The highest BCUT2D eigenvalue weighted by atomic mass is 32.2. The van der Waals surface area contributed by atoms with Crippen molar-refractivity contribution in [2.24, 2.45) is 0 Å². The second-order valence-corrected chi connectivity index (χ2v) is 8.60. The van der Waals surface area contributed by atoms with Crippen LogP contribution in [0.1, 0.15) is 11.1 Å². The maximum absolute atomic E-state index is 12.4. The minimum Gasteiger partial charge on any atom is -0.489 e. The Kier molecular flexibility index (Phi) is 5.92. The maximum Gasteiger partial charge on any atom is 0.297 e. The molecule has 30 heavy (non-hydrogen) atoms. The van der Waals surface area contributed by atoms with Crippen molar-refractivity contribution in [2.45, 2.75) is 24.5 Å². The van der Waals surface area contributed by atoms with E-state index < -0.39 is 16.2 Å². The van der Waals surface area contributed by atoms with Gasteiger partial charge in [-0.25, -0.2) is 0 Å². The Balaban J connectivity index is 1.37. The minimum absolute atomic E-state index is 0.113. The second-order valence-electron chi connectivity index (χ2n) is 6.99. The zero-order valence-electron chi connectivity index (χ0n) is 16.5. The predicted octanol–water partition coefficient (Wildman–Crippen LogP) is 4.12. The molecule has 6 nitrogen and oxygen atoms in total. The predicted molar refractivity (Wildman–Crippen MR) is 111 cm³/mol. The van der Waals surface area contributed by atoms with Gasteiger partial charge in [-0.05, 0) is 36.8 Å². The first kappa shape index (κ1) is 20.3. The van der Waals surface area contributed by atoms with E-state index in [1.54, 1.807) is 24.3 Å². The van der Waals surface area contributed by atoms with Crippen molar-refractivity contribution in [1.82, 2.24) is 0 Å². The standard InChI is InChI=1S/C23H22O6S/c1-17-7-10-21(11-8-17)30(24,25)28-16-20-15-27-22-12-9-19(13-23(22)29-20)26-14-18-5-3-2-4-6-18/h2-13,20H,14-16H2,1H3/t20-/m0/s1. The van der Waals surface area contributed by atoms with Crippen LogP contribution in [0.15, 0.2) is 77.7 Å². The van der Waals surface area contributed by atoms with E-state index in [0.717, 1.165) is 11.1 Å². The van der Waals surface area contributed by atoms with Gasteiger partial charge in [0.05, 0.1) is 4.90 Å². The van der Waals surface area contributed by atoms with E-state index in [1.807, 2.05) is 43.3 Å². The molecule has 0 aromatic heterocycles. The van der Waals surface area contributed by atoms with Gasteiger partial charge in [0, 0.05) is 6.07 Å². The molecule has 0 saturated heterocycles. The fraction of sp³-hybridized carbons (Fsp3) is 0.217. The van der Waals surface area contributed by atoms with E-state index >= 15 is 0 Å². The van der Waals surface area contributed by atoms with E-state index in [2.05, 4.69) is 0 Å². The van der Waals surface area contributed by atoms with Crippen molar-refractivity contribution in [2.75, 3.05) is 13.2 Å². The summed E-state index contributed by atoms with van der Waals surface area (Å²) in [6, 6.07) is 21.7. The summed E-state index contributed by atoms with van der Waals surface area (Å²) in [7, 11) is -3.86. The summed E-state index contributed by atoms with van der Waals surface area (Å²) in [4.78, 5) is 0.113. The molecular weight excluding hydrogens is 404 g/mol. The quantitative estimate of drug-likeness (QED) is 0.530. The molecular formula is C23H22O6S. The van der Waals surface area contributed by atoms with Crippen LogP contribution in [0.5, 0.6) is 17.2 Å². The average molecular weight is 426 g/mol. The number of hydrogen-bond acceptors (Lipinski definition) is 6. The highest BCUT2D eigenvalue weighted by molar-refractivity contribution is 7.86. The van der Waals surface area contributed by atoms with E-state index in [1.165, 1.54) is 12.1 Å². The smallest absolute Gasteiger partial charge is 0.297 e. The Morgan fingerprint density at radius 3 is 2.50 bits per heavy atom. The molecule has 1 atom stereocenters. The van der Waals surface area contributed by atoms with Crippen molar-refractivity contribution >= 4 is 10.1 Å². The van der Waals surface area contributed by atoms with Gasteiger partial charge in [0.2, 0.25) is 0 Å². The first-order valence-corrected chi connectivity index (χ1v) is 11.0. The molecule has 0 N–H and O–H groups in total. The van der Waals surface area contributed by atoms with Crippen LogP contribution in [0.2, 0.25) is 0 Å². The third kappa shape index (κ3) is 4.93. The molecule has 0 aliphatic carbocycles. The van der Waals surface area contributed by atoms with Crippen LogP contribution in [-0.2, 0) is 20.9 Å². The topological polar surface area (TPSA) is 71.1 Å². The molecule has 0 radical (unpaired) electrons. The largest absolute Gasteiger partial charge is 0.489 e. The van der Waals surface area contributed by atoms with Gasteiger partial charge in [-0.1, -0.05) is 48.0 Å². The van der Waals surface area contributed by atoms with Gasteiger partial charge >= 0.3 is 0 Å². The van der Waals surface area contributed by atoms with Crippen LogP contribution >= 0.6 is 0 Å². The summed E-state index contributed by atoms with van der Waals surface area (Å²) in [5.74, 6) is 1.71. The zero-order chi connectivity index (χ0) is 21.0. The lowest BCUT2D eigenvalue weighted by atomic mass is 10.2. The van der Waals surface area contributed by atoms with E-state index in [0.29, 0.717) is 23.9 Å². The van der Waals surface area contributed by atoms with Crippen LogP contribution in [0.4, 0.5) is 0 Å². The molecule has 0 spiro atoms. The number of ether oxygens (including phenoxy) is 3. The number of rotatable bonds is 7. The van der Waals surface area contributed by atoms with Gasteiger partial charge in [-0.15, -0.1) is 0 Å². The van der Waals surface area contributed by atoms with Crippen LogP contribution in [0.25, 0.3) is 0 Å². The summed E-state index contributed by atoms with van der Waals surface area (Å²) in [5.41, 5.74) is 2.03. The van der Waals surface area contributed by atoms with Crippen LogP contribution in [-0.4, -0.2) is 27.7 Å². The molecule has 7 heteroatoms. The summed E-state index contributed by atoms with van der Waals surface area (Å²) >= 11 is 0. The Labute approximate surface area is 176 Å². The van der Waals surface area contributed by atoms with E-state index in [-0.39, 0.29) is 18.1 Å². The minimum atomic E-state index is -3.86. The fourth-order valence-electron chi connectivity index (χ4n) is 2.95. The first-order chi connectivity index (χ1) is 14.5. The number of hydrogen-bond donors (Lipinski definition) is 0. The molecule has 1 aliphatic rings. The lowest BCUT2D eigenvalue weighted by Gasteiger charge is -2.26. The average Bonchev–Trinajstić information content (AvgIpc) is 2.77. The number of aryl methyl sites for hydroxylation is 1. The normalized spacial score (nSPS) is 15.6. The second kappa shape index (κ2) is 8.77. The van der Waals surface area contributed by atoms with Gasteiger partial charge in [0.25, 0.3) is 10.1 Å². The monoisotopic (exact) mass is 426 g/mol. The number of benzene rings is 3. The summed E-state index contributed by atoms with van der Waals surface area (Å²) in [6.07, 6.45) is -0.554. The van der Waals surface area contributed by atoms with Crippen molar-refractivity contribution in [3.8, 4) is 17.2 Å². The van der Waals surface area contributed by atoms with Gasteiger partial charge < -0.3 is 14.2 Å². The summed E-state index contributed by atoms with van der Waals surface area (Å²) < 4.78 is 47.3. The molecule has 156 valence electrons. The van der Waals surface area contributed by atoms with Crippen LogP contribution in [0, 0.1) is 6.92 Å². The van der Waals surface area contributed by atoms with Crippen molar-refractivity contribution in [1.29, 1.82) is 0 Å². The van der Waals surface area contributed by atoms with Crippen molar-refractivity contribution < 1.29 is 26.8 Å². The first-order valence-electron chi connectivity index (χ1n) is 9.56. The van der Waals surface area contributed by atoms with E-state index in [4.69, 9.17) is 18.4 Å². The molecule has 3 aromatic carbocycles. The molecule has 0 amide bonds. The molecule has 4 rings (SSSR count). The molecule has 1 aliphatic heterocycles. The zero-order valence-corrected chi connectivity index (χ0v) is 17.3. The Bertz CT molecular complexity index is 1090. The lowest BCUT2D eigenvalue weighted by Crippen LogP contribution is -2.34. The van der Waals surface area contributed by atoms with Crippen LogP contribution in [0.3, 0.4) is 0 Å². The highest BCUT2D eigenvalue weighted by Crippen LogP contribution is 2.35. The third-order valence-electron chi connectivity index (χ3n) is 4.60. The fourth-order valence-corrected chi connectivity index (χ4v) is 3.88.